The maximum atomic E-state index is 11.4. The van der Waals surface area contributed by atoms with Gasteiger partial charge in [-0.05, 0) is 43.9 Å². The fourth-order valence-electron chi connectivity index (χ4n) is 2.32. The van der Waals surface area contributed by atoms with E-state index < -0.39 is 0 Å². The SMILES string of the molecule is CC(Cc1ccc2c(c1)NC(=O)CS2)NC1CC1. The number of carbonyl (C=O) groups excluding carboxylic acids is 1. The van der Waals surface area contributed by atoms with Gasteiger partial charge >= 0.3 is 0 Å². The van der Waals surface area contributed by atoms with Crippen molar-refractivity contribution in [3.05, 3.63) is 23.8 Å². The number of amides is 1. The number of hydrogen-bond donors (Lipinski definition) is 2. The zero-order valence-electron chi connectivity index (χ0n) is 10.5. The standard InChI is InChI=1S/C14H18N2OS/c1-9(15-11-3-4-11)6-10-2-5-13-12(7-10)16-14(17)8-18-13/h2,5,7,9,11,15H,3-4,6,8H2,1H3,(H,16,17). The quantitative estimate of drug-likeness (QED) is 0.875. The molecule has 1 unspecified atom stereocenters. The van der Waals surface area contributed by atoms with Gasteiger partial charge in [-0.15, -0.1) is 11.8 Å². The molecule has 2 N–H and O–H groups in total. The minimum Gasteiger partial charge on any atom is -0.324 e. The van der Waals surface area contributed by atoms with E-state index in [1.807, 2.05) is 0 Å². The van der Waals surface area contributed by atoms with Crippen molar-refractivity contribution in [3.8, 4) is 0 Å². The van der Waals surface area contributed by atoms with Crippen molar-refractivity contribution in [1.82, 2.24) is 5.32 Å². The molecule has 1 fully saturated rings. The predicted molar refractivity (Wildman–Crippen MR) is 75.1 cm³/mol. The Hall–Kier alpha value is -1.000. The lowest BCUT2D eigenvalue weighted by molar-refractivity contribution is -0.113. The number of benzene rings is 1. The molecule has 4 heteroatoms. The number of nitrogens with one attached hydrogen (secondary N) is 2. The molecular weight excluding hydrogens is 244 g/mol. The zero-order valence-corrected chi connectivity index (χ0v) is 11.3. The van der Waals surface area contributed by atoms with Crippen LogP contribution in [0.3, 0.4) is 0 Å². The number of rotatable bonds is 4. The molecular formula is C14H18N2OS. The second-order valence-corrected chi connectivity index (χ2v) is 6.23. The van der Waals surface area contributed by atoms with E-state index in [-0.39, 0.29) is 5.91 Å². The minimum absolute atomic E-state index is 0.105. The second-order valence-electron chi connectivity index (χ2n) is 5.21. The summed E-state index contributed by atoms with van der Waals surface area (Å²) in [5, 5.41) is 6.55. The van der Waals surface area contributed by atoms with Crippen molar-refractivity contribution >= 4 is 23.4 Å². The Bertz CT molecular complexity index is 471. The highest BCUT2D eigenvalue weighted by molar-refractivity contribution is 8.00. The lowest BCUT2D eigenvalue weighted by Crippen LogP contribution is -2.30. The molecule has 0 spiro atoms. The molecule has 1 amide bonds. The van der Waals surface area contributed by atoms with Crippen LogP contribution in [0.2, 0.25) is 0 Å². The second kappa shape index (κ2) is 4.94. The van der Waals surface area contributed by atoms with Crippen molar-refractivity contribution in [2.45, 2.75) is 43.2 Å². The van der Waals surface area contributed by atoms with E-state index in [1.54, 1.807) is 11.8 Å². The van der Waals surface area contributed by atoms with E-state index in [9.17, 15) is 4.79 Å². The van der Waals surface area contributed by atoms with Gasteiger partial charge in [-0.1, -0.05) is 6.07 Å². The average molecular weight is 262 g/mol. The van der Waals surface area contributed by atoms with Crippen LogP contribution in [-0.2, 0) is 11.2 Å². The molecule has 2 aliphatic rings. The third-order valence-corrected chi connectivity index (χ3v) is 4.39. The molecule has 0 aromatic heterocycles. The van der Waals surface area contributed by atoms with Gasteiger partial charge in [-0.25, -0.2) is 0 Å². The molecule has 0 bridgehead atoms. The monoisotopic (exact) mass is 262 g/mol. The number of fused-ring (bicyclic) bond motifs is 1. The van der Waals surface area contributed by atoms with Crippen LogP contribution >= 0.6 is 11.8 Å². The van der Waals surface area contributed by atoms with Crippen molar-refractivity contribution in [2.75, 3.05) is 11.1 Å². The van der Waals surface area contributed by atoms with Crippen LogP contribution in [0.5, 0.6) is 0 Å². The summed E-state index contributed by atoms with van der Waals surface area (Å²) in [5.41, 5.74) is 2.27. The molecule has 1 saturated carbocycles. The first-order chi connectivity index (χ1) is 8.70. The zero-order chi connectivity index (χ0) is 12.5. The Kier molecular flexibility index (Phi) is 3.31. The summed E-state index contributed by atoms with van der Waals surface area (Å²) < 4.78 is 0. The Morgan fingerprint density at radius 3 is 3.11 bits per heavy atom. The van der Waals surface area contributed by atoms with Crippen LogP contribution in [0.4, 0.5) is 5.69 Å². The summed E-state index contributed by atoms with van der Waals surface area (Å²) in [6, 6.07) is 7.66. The van der Waals surface area contributed by atoms with Gasteiger partial charge in [0, 0.05) is 17.0 Å². The van der Waals surface area contributed by atoms with Gasteiger partial charge in [-0.2, -0.15) is 0 Å². The smallest absolute Gasteiger partial charge is 0.234 e. The predicted octanol–water partition coefficient (Wildman–Crippen LogP) is 2.41. The molecule has 1 aliphatic carbocycles. The summed E-state index contributed by atoms with van der Waals surface area (Å²) in [4.78, 5) is 12.6. The van der Waals surface area contributed by atoms with E-state index in [0.29, 0.717) is 11.8 Å². The van der Waals surface area contributed by atoms with Gasteiger partial charge < -0.3 is 10.6 Å². The average Bonchev–Trinajstić information content (AvgIpc) is 3.12. The number of carbonyl (C=O) groups is 1. The van der Waals surface area contributed by atoms with E-state index in [0.717, 1.165) is 18.2 Å². The fraction of sp³-hybridized carbons (Fsp3) is 0.500. The van der Waals surface area contributed by atoms with Gasteiger partial charge in [0.2, 0.25) is 5.91 Å². The molecule has 1 atom stereocenters. The van der Waals surface area contributed by atoms with E-state index >= 15 is 0 Å². The Morgan fingerprint density at radius 2 is 2.33 bits per heavy atom. The van der Waals surface area contributed by atoms with Crippen LogP contribution in [0, 0.1) is 0 Å². The molecule has 18 heavy (non-hydrogen) atoms. The van der Waals surface area contributed by atoms with Crippen LogP contribution < -0.4 is 10.6 Å². The van der Waals surface area contributed by atoms with Crippen molar-refractivity contribution < 1.29 is 4.79 Å². The first kappa shape index (κ1) is 12.1. The van der Waals surface area contributed by atoms with Crippen molar-refractivity contribution in [2.24, 2.45) is 0 Å². The number of thioether (sulfide) groups is 1. The van der Waals surface area contributed by atoms with Crippen LogP contribution in [-0.4, -0.2) is 23.7 Å². The largest absolute Gasteiger partial charge is 0.324 e. The third-order valence-electron chi connectivity index (χ3n) is 3.32. The van der Waals surface area contributed by atoms with Crippen LogP contribution in [0.1, 0.15) is 25.3 Å². The molecule has 0 radical (unpaired) electrons. The van der Waals surface area contributed by atoms with E-state index in [2.05, 4.69) is 35.8 Å². The van der Waals surface area contributed by atoms with Crippen LogP contribution in [0.25, 0.3) is 0 Å². The molecule has 1 aromatic carbocycles. The summed E-state index contributed by atoms with van der Waals surface area (Å²) >= 11 is 1.62. The highest BCUT2D eigenvalue weighted by atomic mass is 32.2. The molecule has 96 valence electrons. The van der Waals surface area contributed by atoms with Crippen molar-refractivity contribution in [3.63, 3.8) is 0 Å². The maximum Gasteiger partial charge on any atom is 0.234 e. The van der Waals surface area contributed by atoms with Gasteiger partial charge in [0.05, 0.1) is 11.4 Å². The summed E-state index contributed by atoms with van der Waals surface area (Å²) in [5.74, 6) is 0.639. The van der Waals surface area contributed by atoms with E-state index in [4.69, 9.17) is 0 Å². The van der Waals surface area contributed by atoms with Crippen LogP contribution in [0.15, 0.2) is 23.1 Å². The fourth-order valence-corrected chi connectivity index (χ4v) is 3.11. The van der Waals surface area contributed by atoms with Crippen molar-refractivity contribution in [1.29, 1.82) is 0 Å². The summed E-state index contributed by atoms with van der Waals surface area (Å²) in [6.45, 7) is 2.23. The maximum absolute atomic E-state index is 11.4. The normalized spacial score (nSPS) is 20.2. The Labute approximate surface area is 112 Å². The first-order valence-electron chi connectivity index (χ1n) is 6.52. The Morgan fingerprint density at radius 1 is 1.50 bits per heavy atom. The summed E-state index contributed by atoms with van der Waals surface area (Å²) in [7, 11) is 0. The Balaban J connectivity index is 1.68. The lowest BCUT2D eigenvalue weighted by atomic mass is 10.1. The number of hydrogen-bond acceptors (Lipinski definition) is 3. The van der Waals surface area contributed by atoms with Gasteiger partial charge in [0.15, 0.2) is 0 Å². The third kappa shape index (κ3) is 2.87. The van der Waals surface area contributed by atoms with Gasteiger partial charge in [-0.3, -0.25) is 4.79 Å². The highest BCUT2D eigenvalue weighted by Crippen LogP contribution is 2.32. The molecule has 1 heterocycles. The molecule has 0 saturated heterocycles. The van der Waals surface area contributed by atoms with Gasteiger partial charge in [0.1, 0.15) is 0 Å². The molecule has 3 rings (SSSR count). The number of anilines is 1. The first-order valence-corrected chi connectivity index (χ1v) is 7.51. The topological polar surface area (TPSA) is 41.1 Å². The molecule has 3 nitrogen and oxygen atoms in total. The molecule has 1 aromatic rings. The van der Waals surface area contributed by atoms with Gasteiger partial charge in [0.25, 0.3) is 0 Å². The lowest BCUT2D eigenvalue weighted by Gasteiger charge is -2.18. The molecule has 1 aliphatic heterocycles. The van der Waals surface area contributed by atoms with E-state index in [1.165, 1.54) is 23.3 Å². The summed E-state index contributed by atoms with van der Waals surface area (Å²) in [6.07, 6.45) is 3.66. The highest BCUT2D eigenvalue weighted by Gasteiger charge is 2.23. The minimum atomic E-state index is 0.105.